The summed E-state index contributed by atoms with van der Waals surface area (Å²) in [5.41, 5.74) is 5.25. The van der Waals surface area contributed by atoms with Crippen molar-refractivity contribution in [2.45, 2.75) is 12.8 Å². The van der Waals surface area contributed by atoms with E-state index in [0.29, 0.717) is 33.7 Å². The number of halogens is 2. The van der Waals surface area contributed by atoms with Gasteiger partial charge in [-0.2, -0.15) is 0 Å². The van der Waals surface area contributed by atoms with E-state index in [1.54, 1.807) is 30.5 Å². The van der Waals surface area contributed by atoms with Crippen molar-refractivity contribution < 1.29 is 14.2 Å². The predicted molar refractivity (Wildman–Crippen MR) is 159 cm³/mol. The Balaban J connectivity index is 1.29. The van der Waals surface area contributed by atoms with Gasteiger partial charge in [-0.3, -0.25) is 9.89 Å². The van der Waals surface area contributed by atoms with E-state index in [0.717, 1.165) is 48.6 Å². The van der Waals surface area contributed by atoms with Crippen LogP contribution in [0.1, 0.15) is 28.5 Å². The Hall–Kier alpha value is -3.89. The van der Waals surface area contributed by atoms with Crippen molar-refractivity contribution >= 4 is 28.9 Å². The summed E-state index contributed by atoms with van der Waals surface area (Å²) >= 11 is 6.40. The molecule has 10 heteroatoms. The van der Waals surface area contributed by atoms with Crippen LogP contribution in [-0.4, -0.2) is 70.9 Å². The molecule has 0 saturated carbocycles. The third kappa shape index (κ3) is 5.54. The molecule has 3 heterocycles. The first kappa shape index (κ1) is 27.3. The van der Waals surface area contributed by atoms with Crippen molar-refractivity contribution in [3.05, 3.63) is 100.0 Å². The number of aliphatic hydroxyl groups excluding tert-OH is 1. The standard InChI is InChI=1S/C31H30ClFN6O2/c1-38-12-14-39(15-13-38)30(40)19-6-9-22(10-7-19)36-31-35-18-20-17-34-29(27-25(33)4-3-5-26(27)41-2)24-16-21(32)8-11-23(24)28(20)37-31/h3-11,16,18,30,40H,12-15,17H2,1-2H3,(H,35,36,37). The molecule has 1 fully saturated rings. The molecule has 4 aromatic rings. The number of hydrogen-bond acceptors (Lipinski definition) is 8. The van der Waals surface area contributed by atoms with Gasteiger partial charge in [0.2, 0.25) is 5.95 Å². The van der Waals surface area contributed by atoms with Gasteiger partial charge in [-0.15, -0.1) is 0 Å². The Morgan fingerprint density at radius 2 is 1.80 bits per heavy atom. The van der Waals surface area contributed by atoms with Crippen LogP contribution < -0.4 is 10.1 Å². The van der Waals surface area contributed by atoms with Gasteiger partial charge in [0.1, 0.15) is 17.8 Å². The molecule has 3 aromatic carbocycles. The van der Waals surface area contributed by atoms with Crippen LogP contribution in [0.5, 0.6) is 5.75 Å². The number of aromatic nitrogens is 2. The van der Waals surface area contributed by atoms with Crippen molar-refractivity contribution in [3.63, 3.8) is 0 Å². The Morgan fingerprint density at radius 3 is 2.56 bits per heavy atom. The highest BCUT2D eigenvalue weighted by Gasteiger charge is 2.26. The monoisotopic (exact) mass is 572 g/mol. The van der Waals surface area contributed by atoms with E-state index in [-0.39, 0.29) is 12.1 Å². The first-order valence-corrected chi connectivity index (χ1v) is 13.8. The van der Waals surface area contributed by atoms with Crippen molar-refractivity contribution in [2.75, 3.05) is 45.7 Å². The molecule has 2 aliphatic heterocycles. The van der Waals surface area contributed by atoms with Gasteiger partial charge in [-0.1, -0.05) is 35.9 Å². The Labute approximate surface area is 243 Å². The number of piperazine rings is 1. The molecule has 1 saturated heterocycles. The second-order valence-electron chi connectivity index (χ2n) is 10.2. The maximum Gasteiger partial charge on any atom is 0.227 e. The van der Waals surface area contributed by atoms with Crippen molar-refractivity contribution in [1.29, 1.82) is 0 Å². The maximum absolute atomic E-state index is 15.1. The lowest BCUT2D eigenvalue weighted by atomic mass is 9.94. The van der Waals surface area contributed by atoms with Gasteiger partial charge in [0.15, 0.2) is 0 Å². The number of ether oxygens (including phenoxy) is 1. The van der Waals surface area contributed by atoms with E-state index >= 15 is 4.39 Å². The summed E-state index contributed by atoms with van der Waals surface area (Å²) < 4.78 is 20.6. The lowest BCUT2D eigenvalue weighted by molar-refractivity contribution is -0.0232. The lowest BCUT2D eigenvalue weighted by Gasteiger charge is -2.35. The maximum atomic E-state index is 15.1. The molecular weight excluding hydrogens is 543 g/mol. The number of benzene rings is 3. The van der Waals surface area contributed by atoms with Gasteiger partial charge in [0.25, 0.3) is 0 Å². The number of likely N-dealkylation sites (N-methyl/N-ethyl adjacent to an activating group) is 1. The molecule has 2 N–H and O–H groups in total. The molecular formula is C31H30ClFN6O2. The van der Waals surface area contributed by atoms with E-state index in [4.69, 9.17) is 26.3 Å². The number of anilines is 2. The fourth-order valence-electron chi connectivity index (χ4n) is 5.25. The zero-order valence-corrected chi connectivity index (χ0v) is 23.6. The van der Waals surface area contributed by atoms with Crippen LogP contribution in [0.3, 0.4) is 0 Å². The van der Waals surface area contributed by atoms with Crippen LogP contribution in [0.25, 0.3) is 11.3 Å². The van der Waals surface area contributed by atoms with Gasteiger partial charge in [0.05, 0.1) is 30.6 Å². The highest BCUT2D eigenvalue weighted by molar-refractivity contribution is 6.31. The van der Waals surface area contributed by atoms with Crippen LogP contribution in [0, 0.1) is 5.82 Å². The fourth-order valence-corrected chi connectivity index (χ4v) is 5.42. The zero-order valence-electron chi connectivity index (χ0n) is 22.8. The van der Waals surface area contributed by atoms with E-state index in [1.807, 2.05) is 30.3 Å². The molecule has 1 aromatic heterocycles. The second-order valence-corrected chi connectivity index (χ2v) is 10.6. The van der Waals surface area contributed by atoms with Crippen LogP contribution in [0.4, 0.5) is 16.0 Å². The molecule has 0 radical (unpaired) electrons. The quantitative estimate of drug-likeness (QED) is 0.325. The van der Waals surface area contributed by atoms with E-state index in [1.165, 1.54) is 13.2 Å². The molecule has 41 heavy (non-hydrogen) atoms. The highest BCUT2D eigenvalue weighted by Crippen LogP contribution is 2.36. The zero-order chi connectivity index (χ0) is 28.5. The number of nitrogens with zero attached hydrogens (tertiary/aromatic N) is 5. The molecule has 210 valence electrons. The number of hydrogen-bond donors (Lipinski definition) is 2. The molecule has 1 unspecified atom stereocenters. The molecule has 6 rings (SSSR count). The van der Waals surface area contributed by atoms with Crippen LogP contribution in [-0.2, 0) is 6.54 Å². The summed E-state index contributed by atoms with van der Waals surface area (Å²) in [5, 5.41) is 14.6. The van der Waals surface area contributed by atoms with Crippen molar-refractivity contribution in [1.82, 2.24) is 19.8 Å². The first-order chi connectivity index (χ1) is 19.9. The van der Waals surface area contributed by atoms with Crippen molar-refractivity contribution in [3.8, 4) is 17.0 Å². The van der Waals surface area contributed by atoms with Gasteiger partial charge < -0.3 is 20.1 Å². The Morgan fingerprint density at radius 1 is 1.02 bits per heavy atom. The molecule has 0 amide bonds. The number of nitrogens with one attached hydrogen (secondary N) is 1. The van der Waals surface area contributed by atoms with Gasteiger partial charge in [0, 0.05) is 59.8 Å². The highest BCUT2D eigenvalue weighted by atomic mass is 35.5. The number of fused-ring (bicyclic) bond motifs is 3. The third-order valence-electron chi connectivity index (χ3n) is 7.54. The molecule has 8 nitrogen and oxygen atoms in total. The third-order valence-corrected chi connectivity index (χ3v) is 7.78. The second kappa shape index (κ2) is 11.5. The summed E-state index contributed by atoms with van der Waals surface area (Å²) in [5.74, 6) is 0.355. The summed E-state index contributed by atoms with van der Waals surface area (Å²) in [6, 6.07) is 17.8. The van der Waals surface area contributed by atoms with Gasteiger partial charge in [-0.25, -0.2) is 14.4 Å². The Kier molecular flexibility index (Phi) is 7.68. The minimum Gasteiger partial charge on any atom is -0.496 e. The molecule has 1 atom stereocenters. The lowest BCUT2D eigenvalue weighted by Crippen LogP contribution is -2.45. The smallest absolute Gasteiger partial charge is 0.227 e. The molecule has 0 spiro atoms. The minimum atomic E-state index is -0.646. The number of rotatable bonds is 6. The number of methoxy groups -OCH3 is 1. The fraction of sp³-hybridized carbons (Fsp3) is 0.258. The number of aliphatic imine (C=N–C) groups is 1. The number of aliphatic hydroxyl groups is 1. The minimum absolute atomic E-state index is 0.258. The SMILES string of the molecule is COc1cccc(F)c1C1=NCc2cnc(Nc3ccc(C(O)N4CCN(C)CC4)cc3)nc2-c2ccc(Cl)cc21. The van der Waals surface area contributed by atoms with Gasteiger partial charge >= 0.3 is 0 Å². The average molecular weight is 573 g/mol. The van der Waals surface area contributed by atoms with Crippen LogP contribution >= 0.6 is 11.6 Å². The summed E-state index contributed by atoms with van der Waals surface area (Å²) in [4.78, 5) is 18.5. The molecule has 0 aliphatic carbocycles. The van der Waals surface area contributed by atoms with Gasteiger partial charge in [-0.05, 0) is 49.0 Å². The van der Waals surface area contributed by atoms with E-state index < -0.39 is 12.0 Å². The van der Waals surface area contributed by atoms with E-state index in [2.05, 4.69) is 27.1 Å². The average Bonchev–Trinajstić information content (AvgIpc) is 3.13. The molecule has 0 bridgehead atoms. The Bertz CT molecular complexity index is 1610. The summed E-state index contributed by atoms with van der Waals surface area (Å²) in [6.07, 6.45) is 1.09. The predicted octanol–water partition coefficient (Wildman–Crippen LogP) is 5.28. The van der Waals surface area contributed by atoms with Crippen molar-refractivity contribution in [2.24, 2.45) is 4.99 Å². The topological polar surface area (TPSA) is 86.1 Å². The molecule has 2 aliphatic rings. The van der Waals surface area contributed by atoms with Crippen LogP contribution in [0.15, 0.2) is 71.9 Å². The largest absolute Gasteiger partial charge is 0.496 e. The normalized spacial score (nSPS) is 16.3. The van der Waals surface area contributed by atoms with E-state index in [9.17, 15) is 5.11 Å². The summed E-state index contributed by atoms with van der Waals surface area (Å²) in [6.45, 7) is 3.77. The summed E-state index contributed by atoms with van der Waals surface area (Å²) in [7, 11) is 3.60. The first-order valence-electron chi connectivity index (χ1n) is 13.4. The van der Waals surface area contributed by atoms with Crippen LogP contribution in [0.2, 0.25) is 5.02 Å².